The molecular formula is C28H28BrNO4. The van der Waals surface area contributed by atoms with Crippen LogP contribution in [0.3, 0.4) is 0 Å². The van der Waals surface area contributed by atoms with Gasteiger partial charge in [-0.25, -0.2) is 0 Å². The van der Waals surface area contributed by atoms with E-state index in [2.05, 4.69) is 54.0 Å². The second kappa shape index (κ2) is 10.0. The minimum Gasteiger partial charge on any atom is -0.487 e. The fourth-order valence-corrected chi connectivity index (χ4v) is 4.87. The van der Waals surface area contributed by atoms with Gasteiger partial charge in [-0.1, -0.05) is 65.3 Å². The minimum absolute atomic E-state index is 0.200. The van der Waals surface area contributed by atoms with Crippen LogP contribution >= 0.6 is 15.9 Å². The van der Waals surface area contributed by atoms with Crippen LogP contribution < -0.4 is 4.74 Å². The molecule has 0 saturated heterocycles. The number of carbonyl (C=O) groups excluding carboxylic acids is 1. The van der Waals surface area contributed by atoms with Crippen LogP contribution in [0, 0.1) is 0 Å². The summed E-state index contributed by atoms with van der Waals surface area (Å²) in [7, 11) is 0. The van der Waals surface area contributed by atoms with Gasteiger partial charge in [0.25, 0.3) is 5.91 Å². The van der Waals surface area contributed by atoms with E-state index in [1.165, 1.54) is 16.0 Å². The molecule has 0 spiro atoms. The monoisotopic (exact) mass is 521 g/mol. The molecule has 6 heteroatoms. The lowest BCUT2D eigenvalue weighted by Gasteiger charge is -2.24. The second-order valence-electron chi connectivity index (χ2n) is 9.04. The summed E-state index contributed by atoms with van der Waals surface area (Å²) in [5, 5.41) is 9.40. The second-order valence-corrected chi connectivity index (χ2v) is 9.90. The van der Waals surface area contributed by atoms with Crippen LogP contribution in [-0.4, -0.2) is 34.0 Å². The molecule has 0 saturated carbocycles. The van der Waals surface area contributed by atoms with Gasteiger partial charge < -0.3 is 14.7 Å². The largest absolute Gasteiger partial charge is 0.487 e. The third-order valence-corrected chi connectivity index (χ3v) is 6.94. The van der Waals surface area contributed by atoms with Gasteiger partial charge in [0.2, 0.25) is 0 Å². The van der Waals surface area contributed by atoms with Crippen molar-refractivity contribution in [2.24, 2.45) is 0 Å². The third kappa shape index (κ3) is 5.50. The number of ether oxygens (including phenoxy) is 1. The maximum Gasteiger partial charge on any atom is 0.323 e. The highest BCUT2D eigenvalue weighted by molar-refractivity contribution is 9.10. The highest BCUT2D eigenvalue weighted by atomic mass is 79.9. The van der Waals surface area contributed by atoms with Gasteiger partial charge in [-0.3, -0.25) is 9.59 Å². The molecule has 1 atom stereocenters. The zero-order valence-corrected chi connectivity index (χ0v) is 21.0. The first-order chi connectivity index (χ1) is 16.3. The molecule has 0 bridgehead atoms. The number of aliphatic carboxylic acids is 1. The lowest BCUT2D eigenvalue weighted by Crippen LogP contribution is -2.35. The van der Waals surface area contributed by atoms with Crippen molar-refractivity contribution in [3.63, 3.8) is 0 Å². The summed E-state index contributed by atoms with van der Waals surface area (Å²) in [4.78, 5) is 26.2. The molecule has 1 N–H and O–H groups in total. The Morgan fingerprint density at radius 1 is 1.06 bits per heavy atom. The van der Waals surface area contributed by atoms with Crippen molar-refractivity contribution < 1.29 is 19.4 Å². The molecular weight excluding hydrogens is 494 g/mol. The first-order valence-corrected chi connectivity index (χ1v) is 12.2. The predicted molar refractivity (Wildman–Crippen MR) is 135 cm³/mol. The Balaban J connectivity index is 1.52. The number of carboxylic acids is 1. The molecule has 34 heavy (non-hydrogen) atoms. The van der Waals surface area contributed by atoms with Crippen molar-refractivity contribution in [2.75, 3.05) is 6.54 Å². The van der Waals surface area contributed by atoms with E-state index in [0.29, 0.717) is 12.0 Å². The van der Waals surface area contributed by atoms with Gasteiger partial charge in [-0.05, 0) is 59.9 Å². The van der Waals surface area contributed by atoms with Crippen molar-refractivity contribution in [3.05, 3.63) is 99.0 Å². The average Bonchev–Trinajstić information content (AvgIpc) is 3.14. The number of hydrogen-bond acceptors (Lipinski definition) is 3. The summed E-state index contributed by atoms with van der Waals surface area (Å²) < 4.78 is 7.14. The Bertz CT molecular complexity index is 1210. The third-order valence-electron chi connectivity index (χ3n) is 6.17. The molecule has 0 unspecified atom stereocenters. The fraction of sp³-hybridized carbons (Fsp3) is 0.286. The van der Waals surface area contributed by atoms with E-state index < -0.39 is 11.6 Å². The number of nitrogens with zero attached hydrogens (tertiary/aromatic N) is 1. The molecule has 1 heterocycles. The standard InChI is InChI=1S/C28H28BrNO4/c1-3-19-8-10-20(11-9-19)15-28(2)16-23-14-21(12-13-25(23)34-28)27(33)30(18-26(31)32)17-22-6-4-5-7-24(22)29/h4-14H,3,15-18H2,1-2H3,(H,31,32)/t28-/m1/s1. The molecule has 1 aliphatic heterocycles. The SMILES string of the molecule is CCc1ccc(C[C@]2(C)Cc3cc(C(=O)N(CC(=O)O)Cc4ccccc4Br)ccc3O2)cc1. The van der Waals surface area contributed by atoms with Gasteiger partial charge in [0.1, 0.15) is 17.9 Å². The average molecular weight is 522 g/mol. The van der Waals surface area contributed by atoms with E-state index >= 15 is 0 Å². The molecule has 176 valence electrons. The van der Waals surface area contributed by atoms with E-state index in [4.69, 9.17) is 4.74 Å². The van der Waals surface area contributed by atoms with Gasteiger partial charge in [0.05, 0.1) is 0 Å². The lowest BCUT2D eigenvalue weighted by atomic mass is 9.91. The Hall–Kier alpha value is -3.12. The summed E-state index contributed by atoms with van der Waals surface area (Å²) in [5.74, 6) is -0.587. The van der Waals surface area contributed by atoms with Gasteiger partial charge in [-0.15, -0.1) is 0 Å². The van der Waals surface area contributed by atoms with Crippen LogP contribution in [0.15, 0.2) is 71.2 Å². The predicted octanol–water partition coefficient (Wildman–Crippen LogP) is 5.67. The van der Waals surface area contributed by atoms with Crippen LogP contribution in [0.5, 0.6) is 5.75 Å². The van der Waals surface area contributed by atoms with E-state index in [-0.39, 0.29) is 19.0 Å². The van der Waals surface area contributed by atoms with Gasteiger partial charge >= 0.3 is 5.97 Å². The summed E-state index contributed by atoms with van der Waals surface area (Å²) in [6.45, 7) is 4.05. The molecule has 0 aliphatic carbocycles. The van der Waals surface area contributed by atoms with Crippen molar-refractivity contribution in [1.29, 1.82) is 0 Å². The highest BCUT2D eigenvalue weighted by Gasteiger charge is 2.35. The molecule has 5 nitrogen and oxygen atoms in total. The van der Waals surface area contributed by atoms with Gasteiger partial charge in [-0.2, -0.15) is 0 Å². The number of fused-ring (bicyclic) bond motifs is 1. The maximum atomic E-state index is 13.3. The molecule has 0 fully saturated rings. The quantitative estimate of drug-likeness (QED) is 0.414. The Kier molecular flexibility index (Phi) is 7.08. The molecule has 1 amide bonds. The summed E-state index contributed by atoms with van der Waals surface area (Å²) in [6, 6.07) is 21.5. The molecule has 3 aromatic carbocycles. The number of benzene rings is 3. The fourth-order valence-electron chi connectivity index (χ4n) is 4.46. The first-order valence-electron chi connectivity index (χ1n) is 11.4. The number of hydrogen-bond donors (Lipinski definition) is 1. The normalized spacial score (nSPS) is 16.6. The van der Waals surface area contributed by atoms with Crippen molar-refractivity contribution in [1.82, 2.24) is 4.90 Å². The molecule has 0 aromatic heterocycles. The van der Waals surface area contributed by atoms with E-state index in [0.717, 1.165) is 34.2 Å². The lowest BCUT2D eigenvalue weighted by molar-refractivity contribution is -0.137. The number of rotatable bonds is 8. The van der Waals surface area contributed by atoms with Crippen LogP contribution in [-0.2, 0) is 30.6 Å². The van der Waals surface area contributed by atoms with Crippen molar-refractivity contribution in [2.45, 2.75) is 45.3 Å². The zero-order valence-electron chi connectivity index (χ0n) is 19.4. The van der Waals surface area contributed by atoms with Crippen LogP contribution in [0.25, 0.3) is 0 Å². The van der Waals surface area contributed by atoms with Crippen LogP contribution in [0.4, 0.5) is 0 Å². The number of carboxylic acid groups (broad SMARTS) is 1. The highest BCUT2D eigenvalue weighted by Crippen LogP contribution is 2.37. The Labute approximate surface area is 208 Å². The first kappa shape index (κ1) is 24.0. The Morgan fingerprint density at radius 2 is 1.76 bits per heavy atom. The summed E-state index contributed by atoms with van der Waals surface area (Å²) in [6.07, 6.45) is 2.46. The molecule has 4 rings (SSSR count). The van der Waals surface area contributed by atoms with E-state index in [9.17, 15) is 14.7 Å². The zero-order chi connectivity index (χ0) is 24.3. The number of carbonyl (C=O) groups is 2. The van der Waals surface area contributed by atoms with Gasteiger partial charge in [0.15, 0.2) is 0 Å². The molecule has 1 aliphatic rings. The number of halogens is 1. The van der Waals surface area contributed by atoms with Crippen molar-refractivity contribution >= 4 is 27.8 Å². The summed E-state index contributed by atoms with van der Waals surface area (Å²) in [5.41, 5.74) is 4.41. The topological polar surface area (TPSA) is 66.8 Å². The van der Waals surface area contributed by atoms with Crippen molar-refractivity contribution in [3.8, 4) is 5.75 Å². The molecule has 0 radical (unpaired) electrons. The maximum absolute atomic E-state index is 13.3. The minimum atomic E-state index is -1.05. The number of aryl methyl sites for hydroxylation is 1. The summed E-state index contributed by atoms with van der Waals surface area (Å²) >= 11 is 3.48. The number of amides is 1. The van der Waals surface area contributed by atoms with E-state index in [1.54, 1.807) is 6.07 Å². The smallest absolute Gasteiger partial charge is 0.323 e. The van der Waals surface area contributed by atoms with Crippen LogP contribution in [0.1, 0.15) is 46.5 Å². The van der Waals surface area contributed by atoms with E-state index in [1.807, 2.05) is 36.4 Å². The van der Waals surface area contributed by atoms with Crippen LogP contribution in [0.2, 0.25) is 0 Å². The van der Waals surface area contributed by atoms with Gasteiger partial charge in [0, 0.05) is 29.4 Å². The molecule has 3 aromatic rings. The Morgan fingerprint density at radius 3 is 2.44 bits per heavy atom.